The first-order valence-corrected chi connectivity index (χ1v) is 8.45. The van der Waals surface area contributed by atoms with E-state index in [0.717, 1.165) is 5.56 Å². The van der Waals surface area contributed by atoms with Crippen LogP contribution in [0.5, 0.6) is 5.75 Å². The van der Waals surface area contributed by atoms with Crippen molar-refractivity contribution in [1.29, 1.82) is 0 Å². The molecule has 1 N–H and O–H groups in total. The molecule has 0 aliphatic carbocycles. The molecule has 0 aromatic heterocycles. The summed E-state index contributed by atoms with van der Waals surface area (Å²) in [6, 6.07) is 11.8. The highest BCUT2D eigenvalue weighted by Gasteiger charge is 2.28. The number of aliphatic carboxylic acids is 1. The van der Waals surface area contributed by atoms with Gasteiger partial charge in [-0.3, -0.25) is 9.59 Å². The largest absolute Gasteiger partial charge is 0.497 e. The number of methoxy groups -OCH3 is 1. The molecule has 1 aliphatic heterocycles. The monoisotopic (exact) mass is 357 g/mol. The van der Waals surface area contributed by atoms with E-state index in [1.165, 1.54) is 17.0 Å². The van der Waals surface area contributed by atoms with E-state index in [-0.39, 0.29) is 5.56 Å². The van der Waals surface area contributed by atoms with E-state index in [9.17, 15) is 14.0 Å². The third kappa shape index (κ3) is 3.69. The Morgan fingerprint density at radius 1 is 1.08 bits per heavy atom. The average molecular weight is 357 g/mol. The molecule has 1 saturated heterocycles. The van der Waals surface area contributed by atoms with Crippen LogP contribution in [0.2, 0.25) is 0 Å². The van der Waals surface area contributed by atoms with Gasteiger partial charge in [-0.25, -0.2) is 4.39 Å². The minimum Gasteiger partial charge on any atom is -0.497 e. The van der Waals surface area contributed by atoms with Crippen molar-refractivity contribution in [3.05, 3.63) is 53.8 Å². The maximum atomic E-state index is 14.5. The van der Waals surface area contributed by atoms with Crippen molar-refractivity contribution in [3.8, 4) is 16.9 Å². The van der Waals surface area contributed by atoms with E-state index in [1.54, 1.807) is 25.3 Å². The number of carboxylic acids is 1. The third-order valence-electron chi connectivity index (χ3n) is 4.75. The Kier molecular flexibility index (Phi) is 5.21. The molecule has 1 heterocycles. The fourth-order valence-electron chi connectivity index (χ4n) is 3.15. The van der Waals surface area contributed by atoms with Gasteiger partial charge in [0.15, 0.2) is 0 Å². The van der Waals surface area contributed by atoms with Crippen molar-refractivity contribution in [3.63, 3.8) is 0 Å². The fourth-order valence-corrected chi connectivity index (χ4v) is 3.15. The smallest absolute Gasteiger partial charge is 0.306 e. The van der Waals surface area contributed by atoms with Crippen LogP contribution in [0.1, 0.15) is 23.2 Å². The zero-order valence-corrected chi connectivity index (χ0v) is 14.4. The van der Waals surface area contributed by atoms with Crippen molar-refractivity contribution in [2.24, 2.45) is 5.92 Å². The summed E-state index contributed by atoms with van der Waals surface area (Å²) < 4.78 is 19.6. The number of amides is 1. The van der Waals surface area contributed by atoms with Gasteiger partial charge in [0.2, 0.25) is 0 Å². The predicted octanol–water partition coefficient (Wildman–Crippen LogP) is 3.44. The number of carbonyl (C=O) groups is 2. The third-order valence-corrected chi connectivity index (χ3v) is 4.75. The van der Waals surface area contributed by atoms with Gasteiger partial charge in [-0.15, -0.1) is 0 Å². The quantitative estimate of drug-likeness (QED) is 0.910. The molecule has 1 amide bonds. The van der Waals surface area contributed by atoms with E-state index in [0.29, 0.717) is 37.2 Å². The van der Waals surface area contributed by atoms with Gasteiger partial charge in [-0.2, -0.15) is 0 Å². The van der Waals surface area contributed by atoms with Crippen LogP contribution in [0.3, 0.4) is 0 Å². The first-order chi connectivity index (χ1) is 12.5. The Morgan fingerprint density at radius 3 is 2.23 bits per heavy atom. The zero-order chi connectivity index (χ0) is 18.7. The lowest BCUT2D eigenvalue weighted by Crippen LogP contribution is -2.40. The van der Waals surface area contributed by atoms with Crippen molar-refractivity contribution >= 4 is 11.9 Å². The van der Waals surface area contributed by atoms with Crippen molar-refractivity contribution in [2.75, 3.05) is 20.2 Å². The Bertz CT molecular complexity index is 811. The first kappa shape index (κ1) is 17.9. The van der Waals surface area contributed by atoms with Crippen LogP contribution in [0, 0.1) is 11.7 Å². The Hall–Kier alpha value is -2.89. The van der Waals surface area contributed by atoms with E-state index in [2.05, 4.69) is 0 Å². The summed E-state index contributed by atoms with van der Waals surface area (Å²) in [4.78, 5) is 25.1. The van der Waals surface area contributed by atoms with E-state index >= 15 is 0 Å². The Labute approximate surface area is 151 Å². The summed E-state index contributed by atoms with van der Waals surface area (Å²) >= 11 is 0. The summed E-state index contributed by atoms with van der Waals surface area (Å²) in [5, 5.41) is 9.02. The number of carboxylic acid groups (broad SMARTS) is 1. The van der Waals surface area contributed by atoms with Gasteiger partial charge in [0.1, 0.15) is 11.6 Å². The topological polar surface area (TPSA) is 66.8 Å². The molecule has 2 aromatic carbocycles. The molecular formula is C20H20FNO4. The molecule has 136 valence electrons. The Balaban J connectivity index is 1.75. The minimum absolute atomic E-state index is 0.0102. The van der Waals surface area contributed by atoms with Gasteiger partial charge >= 0.3 is 5.97 Å². The van der Waals surface area contributed by atoms with Crippen LogP contribution in [-0.2, 0) is 4.79 Å². The molecular weight excluding hydrogens is 337 g/mol. The number of nitrogens with zero attached hydrogens (tertiary/aromatic N) is 1. The lowest BCUT2D eigenvalue weighted by Gasteiger charge is -2.30. The number of piperidine rings is 1. The van der Waals surface area contributed by atoms with Gasteiger partial charge in [0.05, 0.1) is 18.6 Å². The highest BCUT2D eigenvalue weighted by atomic mass is 19.1. The number of halogens is 1. The molecule has 3 rings (SSSR count). The molecule has 1 aliphatic rings. The van der Waals surface area contributed by atoms with Gasteiger partial charge < -0.3 is 14.7 Å². The first-order valence-electron chi connectivity index (χ1n) is 8.45. The molecule has 0 radical (unpaired) electrons. The second-order valence-electron chi connectivity index (χ2n) is 6.33. The molecule has 5 nitrogen and oxygen atoms in total. The number of hydrogen-bond acceptors (Lipinski definition) is 3. The number of carbonyl (C=O) groups excluding carboxylic acids is 1. The maximum Gasteiger partial charge on any atom is 0.306 e. The summed E-state index contributed by atoms with van der Waals surface area (Å²) in [6.45, 7) is 0.658. The normalized spacial score (nSPS) is 14.9. The number of benzene rings is 2. The number of ether oxygens (including phenoxy) is 1. The van der Waals surface area contributed by atoms with Crippen LogP contribution < -0.4 is 4.74 Å². The molecule has 0 saturated carbocycles. The second-order valence-corrected chi connectivity index (χ2v) is 6.33. The molecule has 0 unspecified atom stereocenters. The predicted molar refractivity (Wildman–Crippen MR) is 94.7 cm³/mol. The SMILES string of the molecule is COc1ccc(-c2ccc(C(=O)N3CCC(C(=O)O)CC3)c(F)c2)cc1. The maximum absolute atomic E-state index is 14.5. The summed E-state index contributed by atoms with van der Waals surface area (Å²) in [6.07, 6.45) is 0.791. The fraction of sp³-hybridized carbons (Fsp3) is 0.300. The Morgan fingerprint density at radius 2 is 1.69 bits per heavy atom. The van der Waals surface area contributed by atoms with E-state index in [4.69, 9.17) is 9.84 Å². The lowest BCUT2D eigenvalue weighted by atomic mass is 9.96. The molecule has 6 heteroatoms. The van der Waals surface area contributed by atoms with Gasteiger partial charge in [-0.1, -0.05) is 18.2 Å². The van der Waals surface area contributed by atoms with Gasteiger partial charge in [-0.05, 0) is 48.2 Å². The van der Waals surface area contributed by atoms with Crippen LogP contribution in [0.4, 0.5) is 4.39 Å². The highest BCUT2D eigenvalue weighted by molar-refractivity contribution is 5.95. The van der Waals surface area contributed by atoms with E-state index in [1.807, 2.05) is 12.1 Å². The van der Waals surface area contributed by atoms with Crippen molar-refractivity contribution in [2.45, 2.75) is 12.8 Å². The molecule has 0 atom stereocenters. The van der Waals surface area contributed by atoms with Crippen LogP contribution in [-0.4, -0.2) is 42.1 Å². The van der Waals surface area contributed by atoms with Crippen LogP contribution in [0.15, 0.2) is 42.5 Å². The summed E-state index contributed by atoms with van der Waals surface area (Å²) in [7, 11) is 1.58. The molecule has 1 fully saturated rings. The molecule has 2 aromatic rings. The number of hydrogen-bond donors (Lipinski definition) is 1. The molecule has 0 spiro atoms. The lowest BCUT2D eigenvalue weighted by molar-refractivity contribution is -0.143. The van der Waals surface area contributed by atoms with E-state index < -0.39 is 23.6 Å². The number of likely N-dealkylation sites (tertiary alicyclic amines) is 1. The minimum atomic E-state index is -0.841. The number of rotatable bonds is 4. The zero-order valence-electron chi connectivity index (χ0n) is 14.4. The van der Waals surface area contributed by atoms with Crippen LogP contribution in [0.25, 0.3) is 11.1 Å². The summed E-state index contributed by atoms with van der Waals surface area (Å²) in [5.41, 5.74) is 1.51. The average Bonchev–Trinajstić information content (AvgIpc) is 2.67. The summed E-state index contributed by atoms with van der Waals surface area (Å²) in [5.74, 6) is -1.53. The van der Waals surface area contributed by atoms with Crippen LogP contribution >= 0.6 is 0 Å². The molecule has 26 heavy (non-hydrogen) atoms. The van der Waals surface area contributed by atoms with Gasteiger partial charge in [0, 0.05) is 13.1 Å². The molecule has 0 bridgehead atoms. The van der Waals surface area contributed by atoms with Gasteiger partial charge in [0.25, 0.3) is 5.91 Å². The second kappa shape index (κ2) is 7.56. The van der Waals surface area contributed by atoms with Crippen molar-refractivity contribution in [1.82, 2.24) is 4.90 Å². The highest BCUT2D eigenvalue weighted by Crippen LogP contribution is 2.26. The standard InChI is InChI=1S/C20H20FNO4/c1-26-16-5-2-13(3-6-16)15-4-7-17(18(21)12-15)19(23)22-10-8-14(9-11-22)20(24)25/h2-7,12,14H,8-11H2,1H3,(H,24,25). The van der Waals surface area contributed by atoms with Crippen molar-refractivity contribution < 1.29 is 23.8 Å².